The van der Waals surface area contributed by atoms with Gasteiger partial charge in [-0.2, -0.15) is 0 Å². The average Bonchev–Trinajstić information content (AvgIpc) is 2.43. The van der Waals surface area contributed by atoms with E-state index in [1.807, 2.05) is 0 Å². The van der Waals surface area contributed by atoms with Crippen LogP contribution in [0.1, 0.15) is 78.1 Å². The van der Waals surface area contributed by atoms with E-state index < -0.39 is 0 Å². The number of hydrogen-bond acceptors (Lipinski definition) is 3. The van der Waals surface area contributed by atoms with Gasteiger partial charge >= 0.3 is 0 Å². The van der Waals surface area contributed by atoms with Gasteiger partial charge in [0.1, 0.15) is 0 Å². The first-order valence-electron chi connectivity index (χ1n) is 8.58. The first-order valence-corrected chi connectivity index (χ1v) is 8.58. The Labute approximate surface area is 121 Å². The number of hydrazine groups is 1. The molecule has 0 amide bonds. The molecule has 0 heterocycles. The van der Waals surface area contributed by atoms with Crippen molar-refractivity contribution in [2.75, 3.05) is 26.2 Å². The third kappa shape index (κ3) is 17.9. The molecule has 0 aliphatic heterocycles. The second kappa shape index (κ2) is 17.9. The molecule has 0 unspecified atom stereocenters. The number of hydrogen-bond donors (Lipinski definition) is 3. The van der Waals surface area contributed by atoms with Crippen molar-refractivity contribution in [2.45, 2.75) is 78.1 Å². The van der Waals surface area contributed by atoms with E-state index in [-0.39, 0.29) is 0 Å². The molecular formula is C16H37N3. The molecule has 0 radical (unpaired) electrons. The molecule has 3 heteroatoms. The molecule has 0 saturated heterocycles. The SMILES string of the molecule is CCCCCCCCCCCCNCCNNCC. The molecule has 0 aromatic rings. The lowest BCUT2D eigenvalue weighted by atomic mass is 10.1. The summed E-state index contributed by atoms with van der Waals surface area (Å²) in [5.74, 6) is 0. The fourth-order valence-corrected chi connectivity index (χ4v) is 2.23. The van der Waals surface area contributed by atoms with Gasteiger partial charge in [0.2, 0.25) is 0 Å². The molecule has 0 bridgehead atoms. The topological polar surface area (TPSA) is 36.1 Å². The first-order chi connectivity index (χ1) is 9.41. The molecular weight excluding hydrogens is 234 g/mol. The van der Waals surface area contributed by atoms with Crippen LogP contribution in [0.25, 0.3) is 0 Å². The summed E-state index contributed by atoms with van der Waals surface area (Å²) in [4.78, 5) is 0. The molecule has 0 rings (SSSR count). The zero-order chi connectivity index (χ0) is 14.0. The summed E-state index contributed by atoms with van der Waals surface area (Å²) < 4.78 is 0. The summed E-state index contributed by atoms with van der Waals surface area (Å²) in [6, 6.07) is 0. The van der Waals surface area contributed by atoms with Gasteiger partial charge in [-0.15, -0.1) is 0 Å². The summed E-state index contributed by atoms with van der Waals surface area (Å²) in [6.45, 7) is 8.60. The Bertz CT molecular complexity index is 135. The van der Waals surface area contributed by atoms with Gasteiger partial charge in [-0.25, -0.2) is 0 Å². The predicted octanol–water partition coefficient (Wildman–Crippen LogP) is 3.61. The van der Waals surface area contributed by atoms with Crippen LogP contribution in [0.5, 0.6) is 0 Å². The highest BCUT2D eigenvalue weighted by Gasteiger charge is 1.92. The van der Waals surface area contributed by atoms with Crippen LogP contribution in [0, 0.1) is 0 Å². The second-order valence-electron chi connectivity index (χ2n) is 5.39. The van der Waals surface area contributed by atoms with E-state index in [4.69, 9.17) is 0 Å². The summed E-state index contributed by atoms with van der Waals surface area (Å²) in [5, 5.41) is 3.47. The molecule has 0 aromatic carbocycles. The Morgan fingerprint density at radius 2 is 1.11 bits per heavy atom. The molecule has 0 spiro atoms. The van der Waals surface area contributed by atoms with Crippen LogP contribution in [-0.4, -0.2) is 26.2 Å². The summed E-state index contributed by atoms with van der Waals surface area (Å²) in [6.07, 6.45) is 14.2. The van der Waals surface area contributed by atoms with Crippen molar-refractivity contribution in [1.82, 2.24) is 16.2 Å². The van der Waals surface area contributed by atoms with E-state index in [2.05, 4.69) is 30.0 Å². The normalized spacial score (nSPS) is 11.1. The average molecular weight is 271 g/mol. The van der Waals surface area contributed by atoms with E-state index >= 15 is 0 Å². The minimum absolute atomic E-state index is 0.985. The standard InChI is InChI=1S/C16H37N3/c1-3-5-6-7-8-9-10-11-12-13-14-17-15-16-19-18-4-2/h17-19H,3-16H2,1-2H3. The Balaban J connectivity index is 2.88. The maximum absolute atomic E-state index is 3.47. The Hall–Kier alpha value is -0.120. The lowest BCUT2D eigenvalue weighted by Crippen LogP contribution is -2.37. The van der Waals surface area contributed by atoms with Crippen molar-refractivity contribution in [1.29, 1.82) is 0 Å². The van der Waals surface area contributed by atoms with Gasteiger partial charge in [0, 0.05) is 19.6 Å². The number of unbranched alkanes of at least 4 members (excludes halogenated alkanes) is 9. The molecule has 0 aliphatic carbocycles. The molecule has 0 aliphatic rings. The monoisotopic (exact) mass is 271 g/mol. The van der Waals surface area contributed by atoms with Gasteiger partial charge in [0.05, 0.1) is 0 Å². The summed E-state index contributed by atoms with van der Waals surface area (Å²) in [5.41, 5.74) is 6.26. The second-order valence-corrected chi connectivity index (χ2v) is 5.39. The Morgan fingerprint density at radius 3 is 1.68 bits per heavy atom. The molecule has 0 saturated carbocycles. The molecule has 116 valence electrons. The van der Waals surface area contributed by atoms with Crippen molar-refractivity contribution in [3.63, 3.8) is 0 Å². The maximum Gasteiger partial charge on any atom is 0.0225 e. The zero-order valence-corrected chi connectivity index (χ0v) is 13.4. The number of rotatable bonds is 16. The van der Waals surface area contributed by atoms with Crippen molar-refractivity contribution < 1.29 is 0 Å². The van der Waals surface area contributed by atoms with Crippen LogP contribution in [0.2, 0.25) is 0 Å². The zero-order valence-electron chi connectivity index (χ0n) is 13.4. The molecule has 0 fully saturated rings. The highest BCUT2D eigenvalue weighted by atomic mass is 15.3. The molecule has 0 atom stereocenters. The number of nitrogens with one attached hydrogen (secondary N) is 3. The van der Waals surface area contributed by atoms with E-state index in [0.29, 0.717) is 0 Å². The maximum atomic E-state index is 3.47. The van der Waals surface area contributed by atoms with E-state index in [0.717, 1.165) is 19.6 Å². The van der Waals surface area contributed by atoms with Crippen molar-refractivity contribution >= 4 is 0 Å². The van der Waals surface area contributed by atoms with Gasteiger partial charge < -0.3 is 5.32 Å². The summed E-state index contributed by atoms with van der Waals surface area (Å²) >= 11 is 0. The third-order valence-electron chi connectivity index (χ3n) is 3.44. The fraction of sp³-hybridized carbons (Fsp3) is 1.00. The van der Waals surface area contributed by atoms with Crippen LogP contribution in [0.3, 0.4) is 0 Å². The highest BCUT2D eigenvalue weighted by molar-refractivity contribution is 4.52. The van der Waals surface area contributed by atoms with Crippen LogP contribution >= 0.6 is 0 Å². The van der Waals surface area contributed by atoms with Crippen molar-refractivity contribution in [2.24, 2.45) is 0 Å². The molecule has 3 N–H and O–H groups in total. The third-order valence-corrected chi connectivity index (χ3v) is 3.44. The van der Waals surface area contributed by atoms with Gasteiger partial charge in [-0.1, -0.05) is 71.6 Å². The molecule has 0 aromatic heterocycles. The van der Waals surface area contributed by atoms with Gasteiger partial charge in [0.25, 0.3) is 0 Å². The minimum Gasteiger partial charge on any atom is -0.315 e. The van der Waals surface area contributed by atoms with E-state index in [9.17, 15) is 0 Å². The molecule has 3 nitrogen and oxygen atoms in total. The Morgan fingerprint density at radius 1 is 0.526 bits per heavy atom. The predicted molar refractivity (Wildman–Crippen MR) is 86.4 cm³/mol. The van der Waals surface area contributed by atoms with Crippen LogP contribution in [0.4, 0.5) is 0 Å². The van der Waals surface area contributed by atoms with Crippen molar-refractivity contribution in [3.8, 4) is 0 Å². The van der Waals surface area contributed by atoms with Crippen LogP contribution < -0.4 is 16.2 Å². The lowest BCUT2D eigenvalue weighted by molar-refractivity contribution is 0.512. The first kappa shape index (κ1) is 18.9. The van der Waals surface area contributed by atoms with Gasteiger partial charge in [-0.05, 0) is 13.0 Å². The molecule has 19 heavy (non-hydrogen) atoms. The smallest absolute Gasteiger partial charge is 0.0225 e. The lowest BCUT2D eigenvalue weighted by Gasteiger charge is -2.06. The van der Waals surface area contributed by atoms with E-state index in [1.165, 1.54) is 70.8 Å². The van der Waals surface area contributed by atoms with Crippen molar-refractivity contribution in [3.05, 3.63) is 0 Å². The summed E-state index contributed by atoms with van der Waals surface area (Å²) in [7, 11) is 0. The minimum atomic E-state index is 0.985. The van der Waals surface area contributed by atoms with E-state index in [1.54, 1.807) is 0 Å². The fourth-order valence-electron chi connectivity index (χ4n) is 2.23. The highest BCUT2D eigenvalue weighted by Crippen LogP contribution is 2.10. The van der Waals surface area contributed by atoms with Crippen LogP contribution in [-0.2, 0) is 0 Å². The van der Waals surface area contributed by atoms with Gasteiger partial charge in [0.15, 0.2) is 0 Å². The van der Waals surface area contributed by atoms with Crippen LogP contribution in [0.15, 0.2) is 0 Å². The Kier molecular flexibility index (Phi) is 17.8. The van der Waals surface area contributed by atoms with Gasteiger partial charge in [-0.3, -0.25) is 10.9 Å². The largest absolute Gasteiger partial charge is 0.315 e. The quantitative estimate of drug-likeness (QED) is 0.296.